The zero-order valence-corrected chi connectivity index (χ0v) is 14.9. The molecule has 8 nitrogen and oxygen atoms in total. The lowest BCUT2D eigenvalue weighted by atomic mass is 9.97. The number of amides is 3. The van der Waals surface area contributed by atoms with Crippen LogP contribution in [0.15, 0.2) is 0 Å². The van der Waals surface area contributed by atoms with Crippen LogP contribution in [-0.2, 0) is 16.6 Å². The standard InChI is InChI=1S/C16H25N5O3/c1-10-13(14(18-20(10)5)16(24)19(3)4)17-15(23)12-7-6-8-21(9-12)11(2)22/h12H,6-9H2,1-5H3,(H,17,23). The number of carbonyl (C=O) groups excluding carboxylic acids is 3. The lowest BCUT2D eigenvalue weighted by Gasteiger charge is -2.31. The highest BCUT2D eigenvalue weighted by molar-refractivity contribution is 6.03. The van der Waals surface area contributed by atoms with Gasteiger partial charge in [0.15, 0.2) is 5.69 Å². The van der Waals surface area contributed by atoms with Crippen molar-refractivity contribution in [2.75, 3.05) is 32.5 Å². The van der Waals surface area contributed by atoms with Crippen LogP contribution in [0.2, 0.25) is 0 Å². The van der Waals surface area contributed by atoms with Crippen molar-refractivity contribution >= 4 is 23.4 Å². The van der Waals surface area contributed by atoms with Gasteiger partial charge in [0.25, 0.3) is 5.91 Å². The minimum absolute atomic E-state index is 0.0199. The van der Waals surface area contributed by atoms with Gasteiger partial charge in [-0.1, -0.05) is 0 Å². The Morgan fingerprint density at radius 3 is 2.54 bits per heavy atom. The highest BCUT2D eigenvalue weighted by Crippen LogP contribution is 2.24. The average molecular weight is 335 g/mol. The number of aromatic nitrogens is 2. The van der Waals surface area contributed by atoms with Crippen LogP contribution in [0.3, 0.4) is 0 Å². The molecule has 0 aromatic carbocycles. The first-order chi connectivity index (χ1) is 11.2. The van der Waals surface area contributed by atoms with E-state index in [4.69, 9.17) is 0 Å². The molecule has 24 heavy (non-hydrogen) atoms. The molecule has 8 heteroatoms. The van der Waals surface area contributed by atoms with Crippen molar-refractivity contribution in [1.29, 1.82) is 0 Å². The second-order valence-electron chi connectivity index (χ2n) is 6.43. The van der Waals surface area contributed by atoms with E-state index in [0.717, 1.165) is 12.8 Å². The molecular formula is C16H25N5O3. The number of nitrogens with one attached hydrogen (secondary N) is 1. The van der Waals surface area contributed by atoms with E-state index in [9.17, 15) is 14.4 Å². The van der Waals surface area contributed by atoms with E-state index in [1.54, 1.807) is 37.6 Å². The second-order valence-corrected chi connectivity index (χ2v) is 6.43. The largest absolute Gasteiger partial charge is 0.343 e. The van der Waals surface area contributed by atoms with Gasteiger partial charge in [0, 0.05) is 41.2 Å². The molecule has 1 aliphatic heterocycles. The summed E-state index contributed by atoms with van der Waals surface area (Å²) in [5, 5.41) is 7.08. The third-order valence-electron chi connectivity index (χ3n) is 4.43. The van der Waals surface area contributed by atoms with E-state index in [1.807, 2.05) is 0 Å². The molecule has 1 N–H and O–H groups in total. The molecule has 0 bridgehead atoms. The van der Waals surface area contributed by atoms with Gasteiger partial charge >= 0.3 is 0 Å². The van der Waals surface area contributed by atoms with Crippen LogP contribution in [-0.4, -0.2) is 64.5 Å². The van der Waals surface area contributed by atoms with E-state index >= 15 is 0 Å². The van der Waals surface area contributed by atoms with Gasteiger partial charge in [0.1, 0.15) is 0 Å². The van der Waals surface area contributed by atoms with Crippen LogP contribution in [0, 0.1) is 12.8 Å². The molecule has 0 spiro atoms. The second kappa shape index (κ2) is 7.02. The zero-order chi connectivity index (χ0) is 18.0. The monoisotopic (exact) mass is 335 g/mol. The quantitative estimate of drug-likeness (QED) is 0.877. The molecule has 2 heterocycles. The number of nitrogens with zero attached hydrogens (tertiary/aromatic N) is 4. The fourth-order valence-corrected chi connectivity index (χ4v) is 2.82. The maximum Gasteiger partial charge on any atom is 0.276 e. The van der Waals surface area contributed by atoms with Crippen LogP contribution in [0.25, 0.3) is 0 Å². The van der Waals surface area contributed by atoms with Gasteiger partial charge in [-0.25, -0.2) is 0 Å². The summed E-state index contributed by atoms with van der Waals surface area (Å²) in [4.78, 5) is 39.6. The van der Waals surface area contributed by atoms with E-state index in [2.05, 4.69) is 10.4 Å². The van der Waals surface area contributed by atoms with Gasteiger partial charge in [-0.15, -0.1) is 0 Å². The van der Waals surface area contributed by atoms with Gasteiger partial charge in [-0.3, -0.25) is 19.1 Å². The van der Waals surface area contributed by atoms with E-state index < -0.39 is 0 Å². The fourth-order valence-electron chi connectivity index (χ4n) is 2.82. The molecule has 1 aliphatic rings. The topological polar surface area (TPSA) is 87.5 Å². The van der Waals surface area contributed by atoms with Gasteiger partial charge in [-0.05, 0) is 19.8 Å². The lowest BCUT2D eigenvalue weighted by molar-refractivity contribution is -0.132. The summed E-state index contributed by atoms with van der Waals surface area (Å²) < 4.78 is 1.58. The summed E-state index contributed by atoms with van der Waals surface area (Å²) in [6.45, 7) is 4.42. The van der Waals surface area contributed by atoms with E-state index in [0.29, 0.717) is 24.5 Å². The van der Waals surface area contributed by atoms with Gasteiger partial charge in [0.2, 0.25) is 11.8 Å². The van der Waals surface area contributed by atoms with E-state index in [1.165, 1.54) is 11.8 Å². The number of rotatable bonds is 3. The van der Waals surface area contributed by atoms with Crippen LogP contribution < -0.4 is 5.32 Å². The normalized spacial score (nSPS) is 17.5. The molecule has 1 unspecified atom stereocenters. The summed E-state index contributed by atoms with van der Waals surface area (Å²) >= 11 is 0. The zero-order valence-electron chi connectivity index (χ0n) is 14.9. The van der Waals surface area contributed by atoms with Crippen molar-refractivity contribution in [2.45, 2.75) is 26.7 Å². The Bertz CT molecular complexity index is 665. The van der Waals surface area contributed by atoms with E-state index in [-0.39, 0.29) is 29.3 Å². The summed E-state index contributed by atoms with van der Waals surface area (Å²) in [6.07, 6.45) is 1.53. The molecule has 132 valence electrons. The third kappa shape index (κ3) is 3.58. The van der Waals surface area contributed by atoms with Crippen LogP contribution in [0.5, 0.6) is 0 Å². The molecule has 1 aromatic heterocycles. The average Bonchev–Trinajstić information content (AvgIpc) is 2.82. The first-order valence-electron chi connectivity index (χ1n) is 8.04. The predicted molar refractivity (Wildman–Crippen MR) is 89.6 cm³/mol. The Labute approximate surface area is 141 Å². The van der Waals surface area contributed by atoms with Gasteiger partial charge in [0.05, 0.1) is 17.3 Å². The summed E-state index contributed by atoms with van der Waals surface area (Å²) in [5.41, 5.74) is 1.39. The summed E-state index contributed by atoms with van der Waals surface area (Å²) in [5.74, 6) is -0.731. The SMILES string of the molecule is CC(=O)N1CCCC(C(=O)Nc2c(C(=O)N(C)C)nn(C)c2C)C1. The molecule has 1 fully saturated rings. The third-order valence-corrected chi connectivity index (χ3v) is 4.43. The maximum absolute atomic E-state index is 12.6. The Morgan fingerprint density at radius 2 is 1.96 bits per heavy atom. The molecule has 3 amide bonds. The molecule has 1 saturated heterocycles. The van der Waals surface area contributed by atoms with Crippen LogP contribution >= 0.6 is 0 Å². The van der Waals surface area contributed by atoms with Gasteiger partial charge < -0.3 is 15.1 Å². The first kappa shape index (κ1) is 18.0. The number of anilines is 1. The Morgan fingerprint density at radius 1 is 1.29 bits per heavy atom. The number of hydrogen-bond acceptors (Lipinski definition) is 4. The maximum atomic E-state index is 12.6. The predicted octanol–water partition coefficient (Wildman–Crippen LogP) is 0.627. The molecular weight excluding hydrogens is 310 g/mol. The first-order valence-corrected chi connectivity index (χ1v) is 8.04. The summed E-state index contributed by atoms with van der Waals surface area (Å²) in [7, 11) is 5.02. The van der Waals surface area contributed by atoms with Crippen molar-refractivity contribution < 1.29 is 14.4 Å². The molecule has 0 radical (unpaired) electrons. The highest BCUT2D eigenvalue weighted by Gasteiger charge is 2.29. The van der Waals surface area contributed by atoms with Crippen molar-refractivity contribution in [3.8, 4) is 0 Å². The van der Waals surface area contributed by atoms with Crippen LogP contribution in [0.4, 0.5) is 5.69 Å². The molecule has 1 aromatic rings. The molecule has 0 saturated carbocycles. The molecule has 2 rings (SSSR count). The summed E-state index contributed by atoms with van der Waals surface area (Å²) in [6, 6.07) is 0. The van der Waals surface area contributed by atoms with Crippen molar-refractivity contribution in [3.63, 3.8) is 0 Å². The highest BCUT2D eigenvalue weighted by atomic mass is 16.2. The minimum Gasteiger partial charge on any atom is -0.343 e. The molecule has 1 atom stereocenters. The lowest BCUT2D eigenvalue weighted by Crippen LogP contribution is -2.43. The van der Waals surface area contributed by atoms with Crippen LogP contribution in [0.1, 0.15) is 35.9 Å². The number of piperidine rings is 1. The Balaban J connectivity index is 2.20. The van der Waals surface area contributed by atoms with Crippen molar-refractivity contribution in [3.05, 3.63) is 11.4 Å². The number of likely N-dealkylation sites (tertiary alicyclic amines) is 1. The van der Waals surface area contributed by atoms with Gasteiger partial charge in [-0.2, -0.15) is 5.10 Å². The minimum atomic E-state index is -0.274. The Kier molecular flexibility index (Phi) is 5.26. The smallest absolute Gasteiger partial charge is 0.276 e. The number of carbonyl (C=O) groups is 3. The van der Waals surface area contributed by atoms with Crippen molar-refractivity contribution in [2.24, 2.45) is 13.0 Å². The fraction of sp³-hybridized carbons (Fsp3) is 0.625. The number of aryl methyl sites for hydroxylation is 1. The molecule has 0 aliphatic carbocycles. The number of hydrogen-bond donors (Lipinski definition) is 1. The van der Waals surface area contributed by atoms with Crippen molar-refractivity contribution in [1.82, 2.24) is 19.6 Å². The Hall–Kier alpha value is -2.38.